The molecule has 0 saturated heterocycles. The van der Waals surface area contributed by atoms with E-state index in [0.29, 0.717) is 5.56 Å². The van der Waals surface area contributed by atoms with Crippen LogP contribution in [-0.4, -0.2) is 19.9 Å². The Bertz CT molecular complexity index is 578. The fourth-order valence-corrected chi connectivity index (χ4v) is 2.31. The molecule has 0 N–H and O–H groups in total. The number of hydrogen-bond donors (Lipinski definition) is 0. The molecule has 0 aliphatic heterocycles. The van der Waals surface area contributed by atoms with Gasteiger partial charge in [-0.25, -0.2) is 0 Å². The Kier molecular flexibility index (Phi) is 3.82. The number of ketones is 1. The monoisotopic (exact) mass is 303 g/mol. The standard InChI is InChI=1S/C15H14BrNO/c1-17(2)14-10-6-4-8-12(14)15(18)11-7-3-5-9-13(11)16/h3-10H,1-2H3. The molecule has 0 aromatic heterocycles. The first-order chi connectivity index (χ1) is 8.61. The highest BCUT2D eigenvalue weighted by Crippen LogP contribution is 2.25. The zero-order valence-electron chi connectivity index (χ0n) is 10.4. The van der Waals surface area contributed by atoms with Crippen molar-refractivity contribution in [1.29, 1.82) is 0 Å². The maximum Gasteiger partial charge on any atom is 0.196 e. The van der Waals surface area contributed by atoms with Crippen molar-refractivity contribution >= 4 is 27.4 Å². The first-order valence-electron chi connectivity index (χ1n) is 5.67. The Morgan fingerprint density at radius 3 is 2.11 bits per heavy atom. The Balaban J connectivity index is 2.50. The van der Waals surface area contributed by atoms with Crippen LogP contribution in [0, 0.1) is 0 Å². The second kappa shape index (κ2) is 5.36. The van der Waals surface area contributed by atoms with E-state index < -0.39 is 0 Å². The molecular formula is C15H14BrNO. The van der Waals surface area contributed by atoms with Crippen LogP contribution < -0.4 is 4.90 Å². The first kappa shape index (κ1) is 12.8. The molecule has 0 bridgehead atoms. The van der Waals surface area contributed by atoms with E-state index in [1.54, 1.807) is 0 Å². The van der Waals surface area contributed by atoms with Gasteiger partial charge in [0.1, 0.15) is 0 Å². The third-order valence-corrected chi connectivity index (χ3v) is 3.44. The second-order valence-electron chi connectivity index (χ2n) is 4.22. The van der Waals surface area contributed by atoms with Gasteiger partial charge >= 0.3 is 0 Å². The fraction of sp³-hybridized carbons (Fsp3) is 0.133. The zero-order valence-corrected chi connectivity index (χ0v) is 11.9. The highest BCUT2D eigenvalue weighted by atomic mass is 79.9. The minimum absolute atomic E-state index is 0.0341. The number of halogens is 1. The number of hydrogen-bond acceptors (Lipinski definition) is 2. The van der Waals surface area contributed by atoms with Crippen molar-refractivity contribution in [2.45, 2.75) is 0 Å². The third kappa shape index (κ3) is 2.46. The number of carbonyl (C=O) groups is 1. The molecule has 0 unspecified atom stereocenters. The van der Waals surface area contributed by atoms with Crippen molar-refractivity contribution in [3.8, 4) is 0 Å². The second-order valence-corrected chi connectivity index (χ2v) is 5.07. The first-order valence-corrected chi connectivity index (χ1v) is 6.46. The summed E-state index contributed by atoms with van der Waals surface area (Å²) in [5.41, 5.74) is 2.33. The van der Waals surface area contributed by atoms with Crippen LogP contribution in [0.3, 0.4) is 0 Å². The molecular weight excluding hydrogens is 290 g/mol. The van der Waals surface area contributed by atoms with Gasteiger partial charge in [-0.2, -0.15) is 0 Å². The van der Waals surface area contributed by atoms with Crippen LogP contribution in [0.1, 0.15) is 15.9 Å². The van der Waals surface area contributed by atoms with Gasteiger partial charge in [-0.05, 0) is 24.3 Å². The summed E-state index contributed by atoms with van der Waals surface area (Å²) in [6, 6.07) is 15.1. The van der Waals surface area contributed by atoms with Crippen LogP contribution >= 0.6 is 15.9 Å². The summed E-state index contributed by atoms with van der Waals surface area (Å²) in [5, 5.41) is 0. The van der Waals surface area contributed by atoms with Gasteiger partial charge in [0.05, 0.1) is 0 Å². The summed E-state index contributed by atoms with van der Waals surface area (Å²) in [6.07, 6.45) is 0. The normalized spacial score (nSPS) is 10.2. The molecule has 0 spiro atoms. The summed E-state index contributed by atoms with van der Waals surface area (Å²) in [4.78, 5) is 14.5. The molecule has 0 aliphatic rings. The van der Waals surface area contributed by atoms with Gasteiger partial charge < -0.3 is 4.90 Å². The lowest BCUT2D eigenvalue weighted by Gasteiger charge is -2.16. The summed E-state index contributed by atoms with van der Waals surface area (Å²) in [5.74, 6) is 0.0341. The van der Waals surface area contributed by atoms with Crippen LogP contribution in [0.15, 0.2) is 53.0 Å². The summed E-state index contributed by atoms with van der Waals surface area (Å²) < 4.78 is 0.823. The van der Waals surface area contributed by atoms with Gasteiger partial charge in [0.2, 0.25) is 0 Å². The number of carbonyl (C=O) groups excluding carboxylic acids is 1. The highest BCUT2D eigenvalue weighted by molar-refractivity contribution is 9.10. The van der Waals surface area contributed by atoms with Gasteiger partial charge in [0.25, 0.3) is 0 Å². The van der Waals surface area contributed by atoms with E-state index in [1.807, 2.05) is 67.5 Å². The summed E-state index contributed by atoms with van der Waals surface area (Å²) in [6.45, 7) is 0. The minimum atomic E-state index is 0.0341. The smallest absolute Gasteiger partial charge is 0.196 e. The van der Waals surface area contributed by atoms with E-state index in [4.69, 9.17) is 0 Å². The average molecular weight is 304 g/mol. The lowest BCUT2D eigenvalue weighted by Crippen LogP contribution is -2.14. The molecule has 0 aliphatic carbocycles. The molecule has 0 radical (unpaired) electrons. The SMILES string of the molecule is CN(C)c1ccccc1C(=O)c1ccccc1Br. The van der Waals surface area contributed by atoms with Crippen molar-refractivity contribution in [3.63, 3.8) is 0 Å². The van der Waals surface area contributed by atoms with Crippen LogP contribution in [0.5, 0.6) is 0 Å². The molecule has 2 nitrogen and oxygen atoms in total. The van der Waals surface area contributed by atoms with Crippen molar-refractivity contribution < 1.29 is 4.79 Å². The summed E-state index contributed by atoms with van der Waals surface area (Å²) in [7, 11) is 3.87. The third-order valence-electron chi connectivity index (χ3n) is 2.75. The predicted octanol–water partition coefficient (Wildman–Crippen LogP) is 3.75. The Labute approximate surface area is 115 Å². The van der Waals surface area contributed by atoms with Crippen molar-refractivity contribution in [1.82, 2.24) is 0 Å². The van der Waals surface area contributed by atoms with Crippen LogP contribution in [-0.2, 0) is 0 Å². The van der Waals surface area contributed by atoms with Gasteiger partial charge in [0.15, 0.2) is 5.78 Å². The molecule has 92 valence electrons. The minimum Gasteiger partial charge on any atom is -0.377 e. The van der Waals surface area contributed by atoms with Crippen molar-refractivity contribution in [2.24, 2.45) is 0 Å². The van der Waals surface area contributed by atoms with Crippen LogP contribution in [0.25, 0.3) is 0 Å². The number of benzene rings is 2. The van der Waals surface area contributed by atoms with Crippen molar-refractivity contribution in [3.05, 3.63) is 64.1 Å². The molecule has 3 heteroatoms. The predicted molar refractivity (Wildman–Crippen MR) is 78.3 cm³/mol. The lowest BCUT2D eigenvalue weighted by molar-refractivity contribution is 0.103. The van der Waals surface area contributed by atoms with Crippen LogP contribution in [0.2, 0.25) is 0 Å². The maximum absolute atomic E-state index is 12.5. The number of para-hydroxylation sites is 1. The number of rotatable bonds is 3. The number of nitrogens with zero attached hydrogens (tertiary/aromatic N) is 1. The maximum atomic E-state index is 12.5. The Morgan fingerprint density at radius 2 is 1.50 bits per heavy atom. The van der Waals surface area contributed by atoms with E-state index in [0.717, 1.165) is 15.7 Å². The molecule has 0 amide bonds. The van der Waals surface area contributed by atoms with Gasteiger partial charge in [-0.3, -0.25) is 4.79 Å². The van der Waals surface area contributed by atoms with E-state index in [-0.39, 0.29) is 5.78 Å². The van der Waals surface area contributed by atoms with Crippen LogP contribution in [0.4, 0.5) is 5.69 Å². The van der Waals surface area contributed by atoms with E-state index >= 15 is 0 Å². The molecule has 0 fully saturated rings. The summed E-state index contributed by atoms with van der Waals surface area (Å²) >= 11 is 3.42. The van der Waals surface area contributed by atoms with Gasteiger partial charge in [-0.1, -0.05) is 40.2 Å². The molecule has 2 rings (SSSR count). The molecule has 2 aromatic carbocycles. The van der Waals surface area contributed by atoms with E-state index in [2.05, 4.69) is 15.9 Å². The van der Waals surface area contributed by atoms with E-state index in [1.165, 1.54) is 0 Å². The highest BCUT2D eigenvalue weighted by Gasteiger charge is 2.16. The molecule has 2 aromatic rings. The zero-order chi connectivity index (χ0) is 13.1. The molecule has 0 heterocycles. The molecule has 18 heavy (non-hydrogen) atoms. The average Bonchev–Trinajstić information content (AvgIpc) is 2.38. The quantitative estimate of drug-likeness (QED) is 0.805. The fourth-order valence-electron chi connectivity index (χ4n) is 1.85. The lowest BCUT2D eigenvalue weighted by atomic mass is 10.0. The van der Waals surface area contributed by atoms with E-state index in [9.17, 15) is 4.79 Å². The topological polar surface area (TPSA) is 20.3 Å². The van der Waals surface area contributed by atoms with Crippen molar-refractivity contribution in [2.75, 3.05) is 19.0 Å². The molecule has 0 saturated carbocycles. The number of anilines is 1. The Morgan fingerprint density at radius 1 is 0.944 bits per heavy atom. The molecule has 0 atom stereocenters. The Hall–Kier alpha value is -1.61. The largest absolute Gasteiger partial charge is 0.377 e. The van der Waals surface area contributed by atoms with Gasteiger partial charge in [0, 0.05) is 35.4 Å². The van der Waals surface area contributed by atoms with Gasteiger partial charge in [-0.15, -0.1) is 0 Å².